The topological polar surface area (TPSA) is 84.5 Å². The van der Waals surface area contributed by atoms with Crippen LogP contribution in [0.2, 0.25) is 0 Å². The lowest BCUT2D eigenvalue weighted by Crippen LogP contribution is -2.23. The molecule has 0 saturated carbocycles. The Labute approximate surface area is 178 Å². The number of aliphatic imine (C=N–C) groups is 1. The number of benzene rings is 2. The van der Waals surface area contributed by atoms with E-state index in [1.54, 1.807) is 0 Å². The van der Waals surface area contributed by atoms with Gasteiger partial charge in [0.05, 0.1) is 11.5 Å². The molecule has 0 aliphatic heterocycles. The largest absolute Gasteiger partial charge is 0.370 e. The van der Waals surface area contributed by atoms with Gasteiger partial charge in [-0.3, -0.25) is 4.99 Å². The predicted molar refractivity (Wildman–Crippen MR) is 123 cm³/mol. The minimum absolute atomic E-state index is 0. The third-order valence-corrected chi connectivity index (χ3v) is 6.18. The van der Waals surface area contributed by atoms with E-state index >= 15 is 0 Å². The molecule has 5 nitrogen and oxygen atoms in total. The van der Waals surface area contributed by atoms with Crippen LogP contribution in [0, 0.1) is 0 Å². The summed E-state index contributed by atoms with van der Waals surface area (Å²) in [5, 5.41) is 3.09. The van der Waals surface area contributed by atoms with Crippen LogP contribution < -0.4 is 11.1 Å². The molecule has 0 spiro atoms. The average molecular weight is 499 g/mol. The van der Waals surface area contributed by atoms with Gasteiger partial charge in [-0.1, -0.05) is 36.4 Å². The van der Waals surface area contributed by atoms with Gasteiger partial charge in [-0.25, -0.2) is 8.42 Å². The average Bonchev–Trinajstić information content (AvgIpc) is 3.07. The molecule has 2 aromatic rings. The van der Waals surface area contributed by atoms with Crippen molar-refractivity contribution in [3.63, 3.8) is 0 Å². The number of anilines is 1. The highest BCUT2D eigenvalue weighted by molar-refractivity contribution is 14.0. The van der Waals surface area contributed by atoms with Crippen LogP contribution in [0.5, 0.6) is 0 Å². The summed E-state index contributed by atoms with van der Waals surface area (Å²) in [5.41, 5.74) is 10.4. The fourth-order valence-corrected chi connectivity index (χ4v) is 4.63. The molecule has 0 amide bonds. The highest BCUT2D eigenvalue weighted by Gasteiger charge is 2.12. The highest BCUT2D eigenvalue weighted by atomic mass is 127. The van der Waals surface area contributed by atoms with Crippen LogP contribution in [-0.2, 0) is 28.4 Å². The first kappa shape index (κ1) is 21.7. The van der Waals surface area contributed by atoms with Crippen molar-refractivity contribution in [2.24, 2.45) is 10.7 Å². The first-order valence-corrected chi connectivity index (χ1v) is 10.8. The fourth-order valence-electron chi connectivity index (χ4n) is 3.22. The van der Waals surface area contributed by atoms with Gasteiger partial charge in [0.15, 0.2) is 15.8 Å². The summed E-state index contributed by atoms with van der Waals surface area (Å²) in [6.45, 7) is 0.387. The minimum Gasteiger partial charge on any atom is -0.370 e. The number of halogens is 1. The van der Waals surface area contributed by atoms with E-state index in [4.69, 9.17) is 5.73 Å². The van der Waals surface area contributed by atoms with Crippen molar-refractivity contribution in [1.82, 2.24) is 0 Å². The van der Waals surface area contributed by atoms with Gasteiger partial charge in [-0.15, -0.1) is 24.0 Å². The van der Waals surface area contributed by atoms with E-state index in [9.17, 15) is 8.42 Å². The van der Waals surface area contributed by atoms with Gasteiger partial charge < -0.3 is 11.1 Å². The quantitative estimate of drug-likeness (QED) is 0.264. The standard InChI is InChI=1S/C20H25N3O2S.HI/c21-20(23-19-11-10-17-8-4-9-18(17)14-19)22-12-5-13-26(24,25)15-16-6-2-1-3-7-16;/h1-3,6-7,10-11,14H,4-5,8-9,12-13,15H2,(H3,21,22,23);1H. The molecule has 0 radical (unpaired) electrons. The number of hydrogen-bond donors (Lipinski definition) is 2. The van der Waals surface area contributed by atoms with E-state index in [1.165, 1.54) is 17.5 Å². The van der Waals surface area contributed by atoms with Crippen molar-refractivity contribution >= 4 is 45.5 Å². The molecule has 0 fully saturated rings. The Hall–Kier alpha value is -1.61. The van der Waals surface area contributed by atoms with Gasteiger partial charge in [-0.05, 0) is 54.5 Å². The smallest absolute Gasteiger partial charge is 0.193 e. The van der Waals surface area contributed by atoms with Crippen LogP contribution in [-0.4, -0.2) is 26.7 Å². The van der Waals surface area contributed by atoms with Gasteiger partial charge in [0.1, 0.15) is 0 Å². The lowest BCUT2D eigenvalue weighted by atomic mass is 10.1. The van der Waals surface area contributed by atoms with Crippen LogP contribution in [0.15, 0.2) is 53.5 Å². The molecular weight excluding hydrogens is 473 g/mol. The zero-order chi connectivity index (χ0) is 18.4. The maximum atomic E-state index is 12.1. The van der Waals surface area contributed by atoms with Crippen LogP contribution in [0.3, 0.4) is 0 Å². The number of guanidine groups is 1. The molecule has 3 N–H and O–H groups in total. The molecule has 27 heavy (non-hydrogen) atoms. The summed E-state index contributed by atoms with van der Waals surface area (Å²) in [6, 6.07) is 15.5. The lowest BCUT2D eigenvalue weighted by molar-refractivity contribution is 0.593. The first-order chi connectivity index (χ1) is 12.5. The number of nitrogens with one attached hydrogen (secondary N) is 1. The molecular formula is C20H26IN3O2S. The Morgan fingerprint density at radius 2 is 1.81 bits per heavy atom. The molecule has 0 unspecified atom stereocenters. The maximum absolute atomic E-state index is 12.1. The van der Waals surface area contributed by atoms with E-state index < -0.39 is 9.84 Å². The molecule has 1 aliphatic rings. The minimum atomic E-state index is -3.13. The number of nitrogens with zero attached hydrogens (tertiary/aromatic N) is 1. The summed E-state index contributed by atoms with van der Waals surface area (Å²) < 4.78 is 24.3. The first-order valence-electron chi connectivity index (χ1n) is 8.95. The second-order valence-electron chi connectivity index (χ2n) is 6.66. The van der Waals surface area contributed by atoms with E-state index in [0.29, 0.717) is 18.9 Å². The number of rotatable bonds is 7. The molecule has 1 aliphatic carbocycles. The van der Waals surface area contributed by atoms with Crippen molar-refractivity contribution in [3.05, 3.63) is 65.2 Å². The summed E-state index contributed by atoms with van der Waals surface area (Å²) >= 11 is 0. The second kappa shape index (κ2) is 10.1. The van der Waals surface area contributed by atoms with Crippen LogP contribution in [0.1, 0.15) is 29.5 Å². The highest BCUT2D eigenvalue weighted by Crippen LogP contribution is 2.24. The number of fused-ring (bicyclic) bond motifs is 1. The monoisotopic (exact) mass is 499 g/mol. The van der Waals surface area contributed by atoms with E-state index in [0.717, 1.165) is 24.1 Å². The van der Waals surface area contributed by atoms with E-state index in [1.807, 2.05) is 36.4 Å². The summed E-state index contributed by atoms with van der Waals surface area (Å²) in [4.78, 5) is 4.24. The normalized spacial score (nSPS) is 13.7. The van der Waals surface area contributed by atoms with Crippen molar-refractivity contribution in [2.75, 3.05) is 17.6 Å². The van der Waals surface area contributed by atoms with Gasteiger partial charge in [0.25, 0.3) is 0 Å². The molecule has 0 atom stereocenters. The number of sulfone groups is 1. The Kier molecular flexibility index (Phi) is 8.09. The third kappa shape index (κ3) is 6.80. The Morgan fingerprint density at radius 1 is 1.07 bits per heavy atom. The second-order valence-corrected chi connectivity index (χ2v) is 8.84. The van der Waals surface area contributed by atoms with Gasteiger partial charge in [0.2, 0.25) is 0 Å². The van der Waals surface area contributed by atoms with Crippen molar-refractivity contribution in [2.45, 2.75) is 31.4 Å². The summed E-state index contributed by atoms with van der Waals surface area (Å²) in [7, 11) is -3.13. The molecule has 2 aromatic carbocycles. The van der Waals surface area contributed by atoms with E-state index in [2.05, 4.69) is 22.4 Å². The zero-order valence-electron chi connectivity index (χ0n) is 15.2. The van der Waals surface area contributed by atoms with Crippen LogP contribution >= 0.6 is 24.0 Å². The van der Waals surface area contributed by atoms with Crippen molar-refractivity contribution in [3.8, 4) is 0 Å². The summed E-state index contributed by atoms with van der Waals surface area (Å²) in [5.74, 6) is 0.501. The number of aryl methyl sites for hydroxylation is 2. The lowest BCUT2D eigenvalue weighted by Gasteiger charge is -2.08. The Morgan fingerprint density at radius 3 is 2.59 bits per heavy atom. The Balaban J connectivity index is 0.00000261. The molecule has 7 heteroatoms. The molecule has 146 valence electrons. The predicted octanol–water partition coefficient (Wildman–Crippen LogP) is 3.53. The fraction of sp³-hybridized carbons (Fsp3) is 0.350. The molecule has 0 bridgehead atoms. The van der Waals surface area contributed by atoms with Crippen molar-refractivity contribution in [1.29, 1.82) is 0 Å². The number of hydrogen-bond acceptors (Lipinski definition) is 3. The van der Waals surface area contributed by atoms with E-state index in [-0.39, 0.29) is 35.5 Å². The van der Waals surface area contributed by atoms with Gasteiger partial charge in [-0.2, -0.15) is 0 Å². The van der Waals surface area contributed by atoms with Gasteiger partial charge in [0, 0.05) is 12.2 Å². The zero-order valence-corrected chi connectivity index (χ0v) is 18.4. The van der Waals surface area contributed by atoms with Crippen LogP contribution in [0.4, 0.5) is 5.69 Å². The Bertz CT molecular complexity index is 883. The molecule has 0 saturated heterocycles. The third-order valence-electron chi connectivity index (χ3n) is 4.50. The van der Waals surface area contributed by atoms with Crippen LogP contribution in [0.25, 0.3) is 0 Å². The maximum Gasteiger partial charge on any atom is 0.193 e. The molecule has 0 aromatic heterocycles. The summed E-state index contributed by atoms with van der Waals surface area (Å²) in [6.07, 6.45) is 3.93. The van der Waals surface area contributed by atoms with Gasteiger partial charge >= 0.3 is 0 Å². The molecule has 0 heterocycles. The SMILES string of the molecule is I.NC(=NCCCS(=O)(=O)Cc1ccccc1)Nc1ccc2c(c1)CCC2. The molecule has 3 rings (SSSR count). The number of nitrogens with two attached hydrogens (primary N) is 1. The van der Waals surface area contributed by atoms with Crippen molar-refractivity contribution < 1.29 is 8.42 Å².